The van der Waals surface area contributed by atoms with Crippen LogP contribution in [0.15, 0.2) is 24.3 Å². The van der Waals surface area contributed by atoms with E-state index in [1.54, 1.807) is 12.1 Å². The SMILES string of the molecule is Fc1ccc(C2CC(F)(F)C2)cc1. The molecule has 0 amide bonds. The van der Waals surface area contributed by atoms with Gasteiger partial charge in [-0.25, -0.2) is 13.2 Å². The van der Waals surface area contributed by atoms with Crippen LogP contribution in [0, 0.1) is 5.82 Å². The summed E-state index contributed by atoms with van der Waals surface area (Å²) < 4.78 is 37.4. The molecule has 1 fully saturated rings. The molecule has 1 aromatic rings. The smallest absolute Gasteiger partial charge is 0.207 e. The molecule has 0 nitrogen and oxygen atoms in total. The Hall–Kier alpha value is -0.990. The van der Waals surface area contributed by atoms with E-state index in [-0.39, 0.29) is 24.6 Å². The molecule has 0 saturated heterocycles. The molecule has 70 valence electrons. The molecule has 3 heteroatoms. The molecule has 0 bridgehead atoms. The summed E-state index contributed by atoms with van der Waals surface area (Å²) in [6, 6.07) is 5.78. The van der Waals surface area contributed by atoms with Crippen LogP contribution in [-0.2, 0) is 0 Å². The Morgan fingerprint density at radius 3 is 2.08 bits per heavy atom. The zero-order chi connectivity index (χ0) is 9.47. The highest BCUT2D eigenvalue weighted by Gasteiger charge is 2.45. The van der Waals surface area contributed by atoms with Crippen molar-refractivity contribution in [3.05, 3.63) is 35.6 Å². The van der Waals surface area contributed by atoms with Crippen molar-refractivity contribution in [1.82, 2.24) is 0 Å². The highest BCUT2D eigenvalue weighted by Crippen LogP contribution is 2.48. The lowest BCUT2D eigenvalue weighted by atomic mass is 9.77. The molecule has 0 unspecified atom stereocenters. The van der Waals surface area contributed by atoms with Crippen LogP contribution in [0.2, 0.25) is 0 Å². The van der Waals surface area contributed by atoms with Crippen molar-refractivity contribution in [2.75, 3.05) is 0 Å². The number of rotatable bonds is 1. The minimum Gasteiger partial charge on any atom is -0.207 e. The van der Waals surface area contributed by atoms with Crippen LogP contribution in [0.4, 0.5) is 13.2 Å². The summed E-state index contributed by atoms with van der Waals surface area (Å²) >= 11 is 0. The van der Waals surface area contributed by atoms with Crippen LogP contribution in [0.25, 0.3) is 0 Å². The molecular formula is C10H9F3. The van der Waals surface area contributed by atoms with Gasteiger partial charge in [0, 0.05) is 12.8 Å². The molecule has 0 spiro atoms. The largest absolute Gasteiger partial charge is 0.249 e. The molecule has 0 heterocycles. The van der Waals surface area contributed by atoms with E-state index in [0.29, 0.717) is 0 Å². The number of benzene rings is 1. The first-order valence-corrected chi connectivity index (χ1v) is 4.20. The second-order valence-electron chi connectivity index (χ2n) is 3.51. The van der Waals surface area contributed by atoms with E-state index in [1.807, 2.05) is 0 Å². The molecule has 1 aliphatic rings. The summed E-state index contributed by atoms with van der Waals surface area (Å²) in [6.07, 6.45) is -0.197. The van der Waals surface area contributed by atoms with Crippen molar-refractivity contribution in [3.8, 4) is 0 Å². The molecular weight excluding hydrogens is 177 g/mol. The van der Waals surface area contributed by atoms with Crippen molar-refractivity contribution < 1.29 is 13.2 Å². The Balaban J connectivity index is 2.08. The van der Waals surface area contributed by atoms with Gasteiger partial charge in [0.25, 0.3) is 0 Å². The van der Waals surface area contributed by atoms with Gasteiger partial charge in [0.15, 0.2) is 0 Å². The molecule has 0 radical (unpaired) electrons. The van der Waals surface area contributed by atoms with Gasteiger partial charge in [0.2, 0.25) is 5.92 Å². The zero-order valence-corrected chi connectivity index (χ0v) is 6.93. The molecule has 13 heavy (non-hydrogen) atoms. The van der Waals surface area contributed by atoms with Gasteiger partial charge in [-0.15, -0.1) is 0 Å². The number of hydrogen-bond acceptors (Lipinski definition) is 0. The maximum absolute atomic E-state index is 12.5. The first-order valence-electron chi connectivity index (χ1n) is 4.20. The van der Waals surface area contributed by atoms with Crippen LogP contribution in [-0.4, -0.2) is 5.92 Å². The summed E-state index contributed by atoms with van der Waals surface area (Å²) in [6.45, 7) is 0. The predicted molar refractivity (Wildman–Crippen MR) is 43.3 cm³/mol. The first-order chi connectivity index (χ1) is 6.07. The Labute approximate surface area is 74.4 Å². The Morgan fingerprint density at radius 2 is 1.62 bits per heavy atom. The summed E-state index contributed by atoms with van der Waals surface area (Å²) in [5.74, 6) is -2.91. The van der Waals surface area contributed by atoms with E-state index in [9.17, 15) is 13.2 Å². The molecule has 1 aliphatic carbocycles. The fourth-order valence-electron chi connectivity index (χ4n) is 1.63. The molecule has 2 rings (SSSR count). The Bertz CT molecular complexity index is 294. The lowest BCUT2D eigenvalue weighted by Crippen LogP contribution is -2.33. The van der Waals surface area contributed by atoms with Crippen LogP contribution in [0.1, 0.15) is 24.3 Å². The topological polar surface area (TPSA) is 0 Å². The summed E-state index contributed by atoms with van der Waals surface area (Å²) in [5.41, 5.74) is 0.812. The number of halogens is 3. The molecule has 0 aromatic heterocycles. The molecule has 0 atom stereocenters. The fraction of sp³-hybridized carbons (Fsp3) is 0.400. The molecule has 0 N–H and O–H groups in total. The van der Waals surface area contributed by atoms with Crippen molar-refractivity contribution >= 4 is 0 Å². The van der Waals surface area contributed by atoms with Crippen molar-refractivity contribution in [2.24, 2.45) is 0 Å². The quantitative estimate of drug-likeness (QED) is 0.631. The highest BCUT2D eigenvalue weighted by molar-refractivity contribution is 5.23. The van der Waals surface area contributed by atoms with Crippen LogP contribution in [0.3, 0.4) is 0 Å². The van der Waals surface area contributed by atoms with Gasteiger partial charge >= 0.3 is 0 Å². The van der Waals surface area contributed by atoms with E-state index in [4.69, 9.17) is 0 Å². The number of alkyl halides is 2. The third kappa shape index (κ3) is 1.69. The lowest BCUT2D eigenvalue weighted by molar-refractivity contribution is -0.0867. The second-order valence-corrected chi connectivity index (χ2v) is 3.51. The van der Waals surface area contributed by atoms with E-state index in [0.717, 1.165) is 5.56 Å². The van der Waals surface area contributed by atoms with Gasteiger partial charge in [0.05, 0.1) is 0 Å². The van der Waals surface area contributed by atoms with Gasteiger partial charge in [-0.1, -0.05) is 12.1 Å². The van der Waals surface area contributed by atoms with E-state index in [2.05, 4.69) is 0 Å². The third-order valence-electron chi connectivity index (χ3n) is 2.43. The zero-order valence-electron chi connectivity index (χ0n) is 6.93. The van der Waals surface area contributed by atoms with Gasteiger partial charge in [0.1, 0.15) is 5.82 Å². The maximum atomic E-state index is 12.5. The Morgan fingerprint density at radius 1 is 1.08 bits per heavy atom. The average Bonchev–Trinajstić information content (AvgIpc) is 2.01. The monoisotopic (exact) mass is 186 g/mol. The van der Waals surface area contributed by atoms with Gasteiger partial charge in [-0.05, 0) is 23.6 Å². The highest BCUT2D eigenvalue weighted by atomic mass is 19.3. The lowest BCUT2D eigenvalue weighted by Gasteiger charge is -2.35. The van der Waals surface area contributed by atoms with Crippen molar-refractivity contribution in [2.45, 2.75) is 24.7 Å². The Kier molecular flexibility index (Phi) is 1.82. The second kappa shape index (κ2) is 2.76. The van der Waals surface area contributed by atoms with Crippen molar-refractivity contribution in [1.29, 1.82) is 0 Å². The summed E-state index contributed by atoms with van der Waals surface area (Å²) in [4.78, 5) is 0. The minimum absolute atomic E-state index is 0.0874. The first kappa shape index (κ1) is 8.60. The summed E-state index contributed by atoms with van der Waals surface area (Å²) in [7, 11) is 0. The van der Waals surface area contributed by atoms with Crippen LogP contribution >= 0.6 is 0 Å². The van der Waals surface area contributed by atoms with E-state index in [1.165, 1.54) is 12.1 Å². The average molecular weight is 186 g/mol. The van der Waals surface area contributed by atoms with Crippen molar-refractivity contribution in [3.63, 3.8) is 0 Å². The van der Waals surface area contributed by atoms with Gasteiger partial charge < -0.3 is 0 Å². The standard InChI is InChI=1S/C10H9F3/c11-9-3-1-7(2-4-9)8-5-10(12,13)6-8/h1-4,8H,5-6H2. The number of hydrogen-bond donors (Lipinski definition) is 0. The molecule has 1 aromatic carbocycles. The molecule has 0 aliphatic heterocycles. The van der Waals surface area contributed by atoms with Gasteiger partial charge in [-0.2, -0.15) is 0 Å². The summed E-state index contributed by atoms with van der Waals surface area (Å²) in [5, 5.41) is 0. The van der Waals surface area contributed by atoms with Crippen LogP contribution < -0.4 is 0 Å². The van der Waals surface area contributed by atoms with Crippen LogP contribution in [0.5, 0.6) is 0 Å². The fourth-order valence-corrected chi connectivity index (χ4v) is 1.63. The van der Waals surface area contributed by atoms with Gasteiger partial charge in [-0.3, -0.25) is 0 Å². The molecule has 1 saturated carbocycles. The normalized spacial score (nSPS) is 21.2. The predicted octanol–water partition coefficient (Wildman–Crippen LogP) is 3.34. The van der Waals surface area contributed by atoms with E-state index >= 15 is 0 Å². The van der Waals surface area contributed by atoms with E-state index < -0.39 is 5.92 Å². The third-order valence-corrected chi connectivity index (χ3v) is 2.43. The maximum Gasteiger partial charge on any atom is 0.249 e. The minimum atomic E-state index is -2.50.